The van der Waals surface area contributed by atoms with Gasteiger partial charge in [0.25, 0.3) is 0 Å². The van der Waals surface area contributed by atoms with E-state index in [1.54, 1.807) is 20.8 Å². The number of carbonyl (C=O) groups is 3. The van der Waals surface area contributed by atoms with E-state index in [9.17, 15) is 14.4 Å². The number of carboxylic acid groups (broad SMARTS) is 1. The van der Waals surface area contributed by atoms with Crippen molar-refractivity contribution in [3.05, 3.63) is 108 Å². The van der Waals surface area contributed by atoms with Crippen molar-refractivity contribution in [3.8, 4) is 0 Å². The van der Waals surface area contributed by atoms with Gasteiger partial charge in [-0.15, -0.1) is 11.8 Å². The van der Waals surface area contributed by atoms with Crippen LogP contribution in [0.5, 0.6) is 0 Å². The highest BCUT2D eigenvalue weighted by molar-refractivity contribution is 8.00. The lowest BCUT2D eigenvalue weighted by Gasteiger charge is -2.35. The predicted molar refractivity (Wildman–Crippen MR) is 169 cm³/mol. The summed E-state index contributed by atoms with van der Waals surface area (Å²) >= 11 is 1.95. The highest BCUT2D eigenvalue weighted by Crippen LogP contribution is 2.48. The van der Waals surface area contributed by atoms with Crippen LogP contribution in [0.4, 0.5) is 4.79 Å². The highest BCUT2D eigenvalue weighted by Gasteiger charge is 2.36. The Hall–Kier alpha value is -3.78. The van der Waals surface area contributed by atoms with Gasteiger partial charge in [-0.25, -0.2) is 4.79 Å². The molecule has 0 fully saturated rings. The SMILES string of the molecule is CC(C)(C)OC(=O)N(CC(=O)O)CC(=O)NCCCCCCSC(c1ccccc1)(c1ccccc1)c1ccccc1. The summed E-state index contributed by atoms with van der Waals surface area (Å²) in [6, 6.07) is 32.0. The van der Waals surface area contributed by atoms with Crippen molar-refractivity contribution in [3.63, 3.8) is 0 Å². The smallest absolute Gasteiger partial charge is 0.411 e. The van der Waals surface area contributed by atoms with E-state index in [0.29, 0.717) is 6.54 Å². The van der Waals surface area contributed by atoms with E-state index in [1.807, 2.05) is 11.8 Å². The number of unbranched alkanes of at least 4 members (excludes halogenated alkanes) is 3. The van der Waals surface area contributed by atoms with Gasteiger partial charge in [-0.1, -0.05) is 104 Å². The number of aliphatic carboxylic acids is 1. The lowest BCUT2D eigenvalue weighted by atomic mass is 9.84. The molecular formula is C34H42N2O5S. The van der Waals surface area contributed by atoms with E-state index in [2.05, 4.69) is 96.3 Å². The Labute approximate surface area is 253 Å². The van der Waals surface area contributed by atoms with Gasteiger partial charge in [-0.05, 0) is 56.1 Å². The quantitative estimate of drug-likeness (QED) is 0.151. The molecule has 7 nitrogen and oxygen atoms in total. The normalized spacial score (nSPS) is 11.5. The zero-order valence-corrected chi connectivity index (χ0v) is 25.6. The maximum absolute atomic E-state index is 12.4. The van der Waals surface area contributed by atoms with Crippen molar-refractivity contribution in [1.82, 2.24) is 10.2 Å². The van der Waals surface area contributed by atoms with Crippen molar-refractivity contribution in [1.29, 1.82) is 0 Å². The zero-order valence-electron chi connectivity index (χ0n) is 24.8. The number of hydrogen-bond donors (Lipinski definition) is 2. The lowest BCUT2D eigenvalue weighted by Crippen LogP contribution is -2.45. The van der Waals surface area contributed by atoms with Crippen LogP contribution in [0.15, 0.2) is 91.0 Å². The van der Waals surface area contributed by atoms with Crippen LogP contribution in [0.1, 0.15) is 63.1 Å². The molecule has 0 atom stereocenters. The zero-order chi connectivity index (χ0) is 30.4. The molecule has 3 aromatic rings. The Morgan fingerprint density at radius 2 is 1.21 bits per heavy atom. The fourth-order valence-corrected chi connectivity index (χ4v) is 6.27. The third-order valence-electron chi connectivity index (χ3n) is 6.57. The van der Waals surface area contributed by atoms with Crippen molar-refractivity contribution < 1.29 is 24.2 Å². The largest absolute Gasteiger partial charge is 0.480 e. The molecule has 0 spiro atoms. The third-order valence-corrected chi connectivity index (χ3v) is 8.20. The van der Waals surface area contributed by atoms with Gasteiger partial charge in [0.15, 0.2) is 0 Å². The van der Waals surface area contributed by atoms with Gasteiger partial charge in [0.05, 0.1) is 4.75 Å². The summed E-state index contributed by atoms with van der Waals surface area (Å²) in [7, 11) is 0. The van der Waals surface area contributed by atoms with Gasteiger partial charge < -0.3 is 15.2 Å². The van der Waals surface area contributed by atoms with E-state index in [1.165, 1.54) is 16.7 Å². The number of hydrogen-bond acceptors (Lipinski definition) is 5. The maximum atomic E-state index is 12.4. The molecule has 0 bridgehead atoms. The van der Waals surface area contributed by atoms with E-state index in [4.69, 9.17) is 9.84 Å². The second kappa shape index (κ2) is 16.0. The van der Waals surface area contributed by atoms with Crippen LogP contribution in [-0.2, 0) is 19.1 Å². The summed E-state index contributed by atoms with van der Waals surface area (Å²) in [5.74, 6) is -0.649. The summed E-state index contributed by atoms with van der Waals surface area (Å²) in [5, 5.41) is 11.9. The maximum Gasteiger partial charge on any atom is 0.411 e. The molecule has 0 radical (unpaired) electrons. The van der Waals surface area contributed by atoms with Gasteiger partial charge in [-0.3, -0.25) is 14.5 Å². The van der Waals surface area contributed by atoms with Gasteiger partial charge in [0.1, 0.15) is 18.7 Å². The van der Waals surface area contributed by atoms with E-state index in [-0.39, 0.29) is 11.3 Å². The van der Waals surface area contributed by atoms with Gasteiger partial charge in [-0.2, -0.15) is 0 Å². The molecule has 0 aliphatic rings. The highest BCUT2D eigenvalue weighted by atomic mass is 32.2. The van der Waals surface area contributed by atoms with Gasteiger partial charge >= 0.3 is 12.1 Å². The first kappa shape index (κ1) is 32.7. The molecule has 0 saturated carbocycles. The Morgan fingerprint density at radius 1 is 0.738 bits per heavy atom. The van der Waals surface area contributed by atoms with Crippen molar-refractivity contribution in [2.75, 3.05) is 25.4 Å². The summed E-state index contributed by atoms with van der Waals surface area (Å²) in [5.41, 5.74) is 2.96. The van der Waals surface area contributed by atoms with Crippen LogP contribution in [0.25, 0.3) is 0 Å². The fraction of sp³-hybridized carbons (Fsp3) is 0.382. The molecule has 0 heterocycles. The molecule has 0 aliphatic carbocycles. The Morgan fingerprint density at radius 3 is 1.67 bits per heavy atom. The second-order valence-electron chi connectivity index (χ2n) is 11.1. The first-order chi connectivity index (χ1) is 20.1. The number of ether oxygens (including phenoxy) is 1. The molecule has 42 heavy (non-hydrogen) atoms. The van der Waals surface area contributed by atoms with Crippen molar-refractivity contribution in [2.24, 2.45) is 0 Å². The molecule has 3 aromatic carbocycles. The van der Waals surface area contributed by atoms with Crippen LogP contribution in [0.3, 0.4) is 0 Å². The number of nitrogens with zero attached hydrogens (tertiary/aromatic N) is 1. The average Bonchev–Trinajstić information content (AvgIpc) is 2.96. The summed E-state index contributed by atoms with van der Waals surface area (Å²) in [6.45, 7) is 4.56. The fourth-order valence-electron chi connectivity index (χ4n) is 4.71. The Bertz CT molecular complexity index is 1170. The first-order valence-corrected chi connectivity index (χ1v) is 15.4. The number of rotatable bonds is 15. The monoisotopic (exact) mass is 590 g/mol. The average molecular weight is 591 g/mol. The summed E-state index contributed by atoms with van der Waals surface area (Å²) < 4.78 is 4.91. The number of carbonyl (C=O) groups excluding carboxylic acids is 2. The van der Waals surface area contributed by atoms with E-state index < -0.39 is 30.1 Å². The van der Waals surface area contributed by atoms with Crippen LogP contribution in [-0.4, -0.2) is 59.0 Å². The van der Waals surface area contributed by atoms with Gasteiger partial charge in [0, 0.05) is 6.54 Å². The number of thioether (sulfide) groups is 1. The van der Waals surface area contributed by atoms with Crippen LogP contribution in [0, 0.1) is 0 Å². The topological polar surface area (TPSA) is 95.9 Å². The molecule has 0 unspecified atom stereocenters. The summed E-state index contributed by atoms with van der Waals surface area (Å²) in [6.07, 6.45) is 2.96. The van der Waals surface area contributed by atoms with Crippen molar-refractivity contribution >= 4 is 29.7 Å². The minimum absolute atomic E-state index is 0.326. The molecule has 224 valence electrons. The predicted octanol–water partition coefficient (Wildman–Crippen LogP) is 6.71. The number of amides is 2. The standard InChI is InChI=1S/C34H42N2O5S/c1-33(2,3)41-32(40)36(26-31(38)39)25-30(37)35-23-15-4-5-16-24-42-34(27-17-9-6-10-18-27,28-19-11-7-12-20-28)29-21-13-8-14-22-29/h6-14,17-22H,4-5,15-16,23-26H2,1-3H3,(H,35,37)(H,38,39). The molecule has 0 aliphatic heterocycles. The second-order valence-corrected chi connectivity index (χ2v) is 12.4. The molecule has 2 N–H and O–H groups in total. The molecule has 0 saturated heterocycles. The molecular weight excluding hydrogens is 548 g/mol. The van der Waals surface area contributed by atoms with Crippen LogP contribution >= 0.6 is 11.8 Å². The summed E-state index contributed by atoms with van der Waals surface area (Å²) in [4.78, 5) is 36.8. The minimum atomic E-state index is -1.21. The number of benzene rings is 3. The van der Waals surface area contributed by atoms with Crippen molar-refractivity contribution in [2.45, 2.75) is 56.8 Å². The number of carboxylic acids is 1. The van der Waals surface area contributed by atoms with E-state index >= 15 is 0 Å². The van der Waals surface area contributed by atoms with Crippen LogP contribution in [0.2, 0.25) is 0 Å². The van der Waals surface area contributed by atoms with Gasteiger partial charge in [0.2, 0.25) is 5.91 Å². The molecule has 2 amide bonds. The third kappa shape index (κ3) is 9.94. The number of nitrogens with one attached hydrogen (secondary N) is 1. The molecule has 0 aromatic heterocycles. The Kier molecular flexibility index (Phi) is 12.5. The lowest BCUT2D eigenvalue weighted by molar-refractivity contribution is -0.138. The first-order valence-electron chi connectivity index (χ1n) is 14.4. The van der Waals surface area contributed by atoms with Crippen LogP contribution < -0.4 is 5.32 Å². The Balaban J connectivity index is 1.52. The molecule has 8 heteroatoms. The molecule has 3 rings (SSSR count). The van der Waals surface area contributed by atoms with E-state index in [0.717, 1.165) is 36.3 Å². The minimum Gasteiger partial charge on any atom is -0.480 e.